The highest BCUT2D eigenvalue weighted by Gasteiger charge is 2.16. The van der Waals surface area contributed by atoms with Crippen LogP contribution in [0.3, 0.4) is 0 Å². The van der Waals surface area contributed by atoms with Gasteiger partial charge < -0.3 is 5.32 Å². The molecule has 0 radical (unpaired) electrons. The highest BCUT2D eigenvalue weighted by molar-refractivity contribution is 7.99. The van der Waals surface area contributed by atoms with E-state index in [0.717, 1.165) is 24.2 Å². The second-order valence-corrected chi connectivity index (χ2v) is 7.39. The Kier molecular flexibility index (Phi) is 5.64. The summed E-state index contributed by atoms with van der Waals surface area (Å²) in [6.07, 6.45) is 4.42. The van der Waals surface area contributed by atoms with E-state index < -0.39 is 0 Å². The lowest BCUT2D eigenvalue weighted by Crippen LogP contribution is -2.15. The molecule has 0 saturated heterocycles. The number of benzene rings is 1. The molecule has 126 valence electrons. The van der Waals surface area contributed by atoms with Crippen molar-refractivity contribution in [2.45, 2.75) is 37.8 Å². The molecule has 0 unspecified atom stereocenters. The lowest BCUT2D eigenvalue weighted by Gasteiger charge is -2.17. The third-order valence-electron chi connectivity index (χ3n) is 3.93. The number of nitrogens with zero attached hydrogens (tertiary/aromatic N) is 2. The van der Waals surface area contributed by atoms with Crippen molar-refractivity contribution in [1.29, 1.82) is 0 Å². The summed E-state index contributed by atoms with van der Waals surface area (Å²) in [5, 5.41) is 4.18. The topological polar surface area (TPSA) is 54.9 Å². The lowest BCUT2D eigenvalue weighted by atomic mass is 9.95. The Bertz CT molecular complexity index is 783. The molecule has 1 aliphatic rings. The predicted octanol–water partition coefficient (Wildman–Crippen LogP) is 4.70. The highest BCUT2D eigenvalue weighted by Crippen LogP contribution is 2.30. The van der Waals surface area contributed by atoms with E-state index in [1.165, 1.54) is 30.2 Å². The predicted molar refractivity (Wildman–Crippen MR) is 99.2 cm³/mol. The molecule has 7 heteroatoms. The van der Waals surface area contributed by atoms with E-state index >= 15 is 0 Å². The van der Waals surface area contributed by atoms with Crippen LogP contribution < -0.4 is 5.32 Å². The first kappa shape index (κ1) is 17.5. The maximum absolute atomic E-state index is 12.1. The quantitative estimate of drug-likeness (QED) is 0.615. The average Bonchev–Trinajstić information content (AvgIpc) is 2.57. The minimum absolute atomic E-state index is 0.164. The van der Waals surface area contributed by atoms with Crippen LogP contribution in [-0.2, 0) is 17.6 Å². The third-order valence-corrected chi connectivity index (χ3v) is 5.59. The summed E-state index contributed by atoms with van der Waals surface area (Å²) in [5.41, 5.74) is 3.95. The fourth-order valence-corrected chi connectivity index (χ4v) is 3.79. The zero-order valence-electron chi connectivity index (χ0n) is 13.2. The van der Waals surface area contributed by atoms with Crippen molar-refractivity contribution in [2.75, 3.05) is 11.1 Å². The first-order chi connectivity index (χ1) is 11.5. The smallest absolute Gasteiger partial charge is 0.234 e. The summed E-state index contributed by atoms with van der Waals surface area (Å²) < 4.78 is 0. The van der Waals surface area contributed by atoms with E-state index in [-0.39, 0.29) is 11.7 Å². The van der Waals surface area contributed by atoms with E-state index in [0.29, 0.717) is 20.9 Å². The number of nitrogens with one attached hydrogen (secondary N) is 1. The van der Waals surface area contributed by atoms with E-state index in [1.54, 1.807) is 18.2 Å². The summed E-state index contributed by atoms with van der Waals surface area (Å²) in [7, 11) is 0. The Balaban J connectivity index is 1.64. The van der Waals surface area contributed by atoms with Crippen LogP contribution in [0.15, 0.2) is 23.4 Å². The van der Waals surface area contributed by atoms with E-state index in [2.05, 4.69) is 15.3 Å². The van der Waals surface area contributed by atoms with E-state index in [4.69, 9.17) is 23.2 Å². The van der Waals surface area contributed by atoms with Gasteiger partial charge in [0.1, 0.15) is 0 Å². The van der Waals surface area contributed by atoms with Crippen LogP contribution in [-0.4, -0.2) is 21.6 Å². The van der Waals surface area contributed by atoms with Crippen molar-refractivity contribution >= 4 is 46.6 Å². The zero-order valence-corrected chi connectivity index (χ0v) is 15.6. The first-order valence-corrected chi connectivity index (χ1v) is 9.52. The number of rotatable bonds is 4. The number of fused-ring (bicyclic) bond motifs is 1. The molecule has 0 atom stereocenters. The molecule has 0 saturated carbocycles. The van der Waals surface area contributed by atoms with Crippen molar-refractivity contribution in [3.8, 4) is 0 Å². The van der Waals surface area contributed by atoms with Crippen LogP contribution in [0.4, 0.5) is 5.69 Å². The number of hydrogen-bond acceptors (Lipinski definition) is 4. The Morgan fingerprint density at radius 2 is 2.04 bits per heavy atom. The van der Waals surface area contributed by atoms with Crippen molar-refractivity contribution in [3.63, 3.8) is 0 Å². The molecule has 1 aromatic heterocycles. The molecule has 3 rings (SSSR count). The Labute approximate surface area is 155 Å². The minimum Gasteiger partial charge on any atom is -0.324 e. The van der Waals surface area contributed by atoms with Gasteiger partial charge in [0, 0.05) is 11.4 Å². The van der Waals surface area contributed by atoms with Gasteiger partial charge in [-0.2, -0.15) is 0 Å². The maximum Gasteiger partial charge on any atom is 0.234 e. The Morgan fingerprint density at radius 1 is 1.25 bits per heavy atom. The first-order valence-electron chi connectivity index (χ1n) is 7.77. The second kappa shape index (κ2) is 7.72. The normalized spacial score (nSPS) is 13.5. The number of amides is 1. The van der Waals surface area contributed by atoms with Gasteiger partial charge >= 0.3 is 0 Å². The number of carbonyl (C=O) groups excluding carboxylic acids is 1. The van der Waals surface area contributed by atoms with Crippen molar-refractivity contribution in [3.05, 3.63) is 45.2 Å². The fraction of sp³-hybridized carbons (Fsp3) is 0.353. The van der Waals surface area contributed by atoms with E-state index in [1.807, 2.05) is 6.92 Å². The molecule has 0 fully saturated rings. The van der Waals surface area contributed by atoms with Gasteiger partial charge in [0.2, 0.25) is 5.91 Å². The molecule has 1 amide bonds. The molecule has 0 spiro atoms. The van der Waals surface area contributed by atoms with Crippen LogP contribution in [0.5, 0.6) is 0 Å². The van der Waals surface area contributed by atoms with Crippen LogP contribution in [0.2, 0.25) is 10.0 Å². The highest BCUT2D eigenvalue weighted by atomic mass is 35.5. The van der Waals surface area contributed by atoms with Gasteiger partial charge in [0.25, 0.3) is 0 Å². The van der Waals surface area contributed by atoms with Gasteiger partial charge in [-0.25, -0.2) is 9.97 Å². The molecular weight excluding hydrogens is 365 g/mol. The monoisotopic (exact) mass is 381 g/mol. The van der Waals surface area contributed by atoms with Crippen LogP contribution in [0.1, 0.15) is 29.8 Å². The number of halogens is 2. The summed E-state index contributed by atoms with van der Waals surface area (Å²) >= 11 is 13.4. The second-order valence-electron chi connectivity index (χ2n) is 5.66. The number of thioether (sulfide) groups is 1. The molecule has 0 bridgehead atoms. The molecule has 24 heavy (non-hydrogen) atoms. The molecule has 2 aromatic rings. The molecule has 1 aromatic carbocycles. The largest absolute Gasteiger partial charge is 0.324 e. The number of anilines is 1. The van der Waals surface area contributed by atoms with Gasteiger partial charge in [-0.05, 0) is 50.3 Å². The lowest BCUT2D eigenvalue weighted by molar-refractivity contribution is -0.113. The van der Waals surface area contributed by atoms with Crippen molar-refractivity contribution in [1.82, 2.24) is 9.97 Å². The zero-order chi connectivity index (χ0) is 17.1. The number of aromatic nitrogens is 2. The number of aryl methyl sites for hydroxylation is 2. The summed E-state index contributed by atoms with van der Waals surface area (Å²) in [5.74, 6) is 0.0595. The fourth-order valence-electron chi connectivity index (χ4n) is 2.74. The maximum atomic E-state index is 12.1. The van der Waals surface area contributed by atoms with Gasteiger partial charge in [-0.3, -0.25) is 4.79 Å². The Hall–Kier alpha value is -1.30. The van der Waals surface area contributed by atoms with Crippen molar-refractivity contribution in [2.24, 2.45) is 0 Å². The average molecular weight is 382 g/mol. The van der Waals surface area contributed by atoms with Crippen molar-refractivity contribution < 1.29 is 4.79 Å². The van der Waals surface area contributed by atoms with Gasteiger partial charge in [0.15, 0.2) is 5.16 Å². The summed E-state index contributed by atoms with van der Waals surface area (Å²) in [6, 6.07) is 5.14. The molecule has 0 aliphatic heterocycles. The SMILES string of the molecule is Cc1nc(SCC(=O)Nc2cccc(Cl)c2Cl)nc2c1CCCC2. The summed E-state index contributed by atoms with van der Waals surface area (Å²) in [6.45, 7) is 2.02. The molecule has 1 heterocycles. The minimum atomic E-state index is -0.164. The number of carbonyl (C=O) groups is 1. The van der Waals surface area contributed by atoms with Crippen LogP contribution in [0, 0.1) is 6.92 Å². The van der Waals surface area contributed by atoms with Crippen LogP contribution in [0.25, 0.3) is 0 Å². The third kappa shape index (κ3) is 4.02. The molecule has 1 N–H and O–H groups in total. The standard InChI is InChI=1S/C17H17Cl2N3OS/c1-10-11-5-2-3-7-13(11)22-17(20-10)24-9-15(23)21-14-8-4-6-12(18)16(14)19/h4,6,8H,2-3,5,7,9H2,1H3,(H,21,23). The molecular formula is C17H17Cl2N3OS. The van der Waals surface area contributed by atoms with Gasteiger partial charge in [-0.1, -0.05) is 41.0 Å². The molecule has 4 nitrogen and oxygen atoms in total. The number of hydrogen-bond donors (Lipinski definition) is 1. The van der Waals surface area contributed by atoms with Crippen LogP contribution >= 0.6 is 35.0 Å². The van der Waals surface area contributed by atoms with E-state index in [9.17, 15) is 4.79 Å². The summed E-state index contributed by atoms with van der Waals surface area (Å²) in [4.78, 5) is 21.3. The van der Waals surface area contributed by atoms with Gasteiger partial charge in [0.05, 0.1) is 21.5 Å². The molecule has 1 aliphatic carbocycles. The van der Waals surface area contributed by atoms with Gasteiger partial charge in [-0.15, -0.1) is 0 Å². The Morgan fingerprint density at radius 3 is 2.88 bits per heavy atom.